The minimum Gasteiger partial charge on any atom is -0.423 e. The third-order valence-electron chi connectivity index (χ3n) is 1.91. The Morgan fingerprint density at radius 2 is 2.31 bits per heavy atom. The molecule has 1 aliphatic heterocycles. The third kappa shape index (κ3) is 1.46. The predicted molar refractivity (Wildman–Crippen MR) is 48.4 cm³/mol. The standard InChI is InChI=1S/C9H6BrFO2/c10-6-3-1-2-5-4-7(11)9(12)13-8(5)6/h1-3,7H,4H2. The Labute approximate surface area is 82.8 Å². The fourth-order valence-electron chi connectivity index (χ4n) is 1.27. The topological polar surface area (TPSA) is 26.3 Å². The lowest BCUT2D eigenvalue weighted by Gasteiger charge is -2.18. The van der Waals surface area contributed by atoms with Gasteiger partial charge in [0, 0.05) is 6.42 Å². The van der Waals surface area contributed by atoms with Crippen LogP contribution in [0.15, 0.2) is 22.7 Å². The van der Waals surface area contributed by atoms with Gasteiger partial charge in [-0.1, -0.05) is 12.1 Å². The first kappa shape index (κ1) is 8.69. The number of ether oxygens (including phenoxy) is 1. The molecule has 2 nitrogen and oxygen atoms in total. The molecule has 1 aromatic rings. The SMILES string of the molecule is O=C1Oc2c(Br)cccc2CC1F. The summed E-state index contributed by atoms with van der Waals surface area (Å²) in [6, 6.07) is 5.29. The van der Waals surface area contributed by atoms with E-state index in [0.29, 0.717) is 10.2 Å². The number of benzene rings is 1. The molecule has 0 aromatic heterocycles. The van der Waals surface area contributed by atoms with Crippen LogP contribution in [0.1, 0.15) is 5.56 Å². The monoisotopic (exact) mass is 244 g/mol. The van der Waals surface area contributed by atoms with E-state index in [2.05, 4.69) is 15.9 Å². The van der Waals surface area contributed by atoms with Gasteiger partial charge >= 0.3 is 5.97 Å². The average Bonchev–Trinajstić information content (AvgIpc) is 2.09. The molecule has 0 spiro atoms. The molecule has 1 heterocycles. The van der Waals surface area contributed by atoms with Crippen molar-refractivity contribution in [2.45, 2.75) is 12.6 Å². The van der Waals surface area contributed by atoms with Gasteiger partial charge in [0.25, 0.3) is 0 Å². The summed E-state index contributed by atoms with van der Waals surface area (Å²) in [5, 5.41) is 0. The van der Waals surface area contributed by atoms with Crippen molar-refractivity contribution in [2.24, 2.45) is 0 Å². The maximum atomic E-state index is 12.9. The number of hydrogen-bond acceptors (Lipinski definition) is 2. The molecule has 0 N–H and O–H groups in total. The summed E-state index contributed by atoms with van der Waals surface area (Å²) in [6.45, 7) is 0. The van der Waals surface area contributed by atoms with Gasteiger partial charge in [-0.15, -0.1) is 0 Å². The van der Waals surface area contributed by atoms with Crippen molar-refractivity contribution >= 4 is 21.9 Å². The van der Waals surface area contributed by atoms with Gasteiger partial charge in [-0.2, -0.15) is 0 Å². The summed E-state index contributed by atoms with van der Waals surface area (Å²) < 4.78 is 18.4. The Bertz CT molecular complexity index is 365. The second kappa shape index (κ2) is 3.10. The molecule has 2 rings (SSSR count). The number of hydrogen-bond donors (Lipinski definition) is 0. The van der Waals surface area contributed by atoms with Gasteiger partial charge in [0.1, 0.15) is 5.75 Å². The van der Waals surface area contributed by atoms with Crippen LogP contribution in [-0.4, -0.2) is 12.1 Å². The van der Waals surface area contributed by atoms with Crippen LogP contribution in [-0.2, 0) is 11.2 Å². The molecule has 0 amide bonds. The van der Waals surface area contributed by atoms with E-state index < -0.39 is 12.1 Å². The van der Waals surface area contributed by atoms with Crippen molar-refractivity contribution in [3.63, 3.8) is 0 Å². The molecule has 0 saturated carbocycles. The minimum absolute atomic E-state index is 0.105. The third-order valence-corrected chi connectivity index (χ3v) is 2.53. The Balaban J connectivity index is 2.48. The molecule has 0 bridgehead atoms. The van der Waals surface area contributed by atoms with Crippen LogP contribution < -0.4 is 4.74 Å². The second-order valence-electron chi connectivity index (χ2n) is 2.82. The number of fused-ring (bicyclic) bond motifs is 1. The van der Waals surface area contributed by atoms with E-state index in [9.17, 15) is 9.18 Å². The Hall–Kier alpha value is -0.900. The molecule has 1 unspecified atom stereocenters. The van der Waals surface area contributed by atoms with Crippen LogP contribution in [0.5, 0.6) is 5.75 Å². The van der Waals surface area contributed by atoms with Crippen LogP contribution in [0.2, 0.25) is 0 Å². The number of para-hydroxylation sites is 1. The molecule has 0 radical (unpaired) electrons. The van der Waals surface area contributed by atoms with E-state index in [0.717, 1.165) is 5.56 Å². The predicted octanol–water partition coefficient (Wildman–Crippen LogP) is 2.25. The zero-order valence-corrected chi connectivity index (χ0v) is 8.17. The summed E-state index contributed by atoms with van der Waals surface area (Å²) in [4.78, 5) is 10.9. The molecule has 1 atom stereocenters. The molecule has 4 heteroatoms. The maximum absolute atomic E-state index is 12.9. The van der Waals surface area contributed by atoms with Gasteiger partial charge in [0.15, 0.2) is 0 Å². The second-order valence-corrected chi connectivity index (χ2v) is 3.68. The minimum atomic E-state index is -1.53. The highest BCUT2D eigenvalue weighted by Crippen LogP contribution is 2.33. The molecule has 0 fully saturated rings. The van der Waals surface area contributed by atoms with E-state index in [4.69, 9.17) is 4.74 Å². The first-order valence-electron chi connectivity index (χ1n) is 3.81. The Morgan fingerprint density at radius 1 is 1.54 bits per heavy atom. The van der Waals surface area contributed by atoms with Gasteiger partial charge in [-0.25, -0.2) is 9.18 Å². The van der Waals surface area contributed by atoms with E-state index in [1.807, 2.05) is 0 Å². The Morgan fingerprint density at radius 3 is 3.08 bits per heavy atom. The maximum Gasteiger partial charge on any atom is 0.346 e. The van der Waals surface area contributed by atoms with Gasteiger partial charge in [0.2, 0.25) is 6.17 Å². The lowest BCUT2D eigenvalue weighted by Crippen LogP contribution is -2.29. The first-order valence-corrected chi connectivity index (χ1v) is 4.61. The molecule has 0 aliphatic carbocycles. The lowest BCUT2D eigenvalue weighted by molar-refractivity contribution is -0.141. The summed E-state index contributed by atoms with van der Waals surface area (Å²) in [6.07, 6.45) is -1.42. The summed E-state index contributed by atoms with van der Waals surface area (Å²) >= 11 is 3.23. The summed E-state index contributed by atoms with van der Waals surface area (Å²) in [7, 11) is 0. The van der Waals surface area contributed by atoms with Crippen molar-refractivity contribution in [1.29, 1.82) is 0 Å². The fraction of sp³-hybridized carbons (Fsp3) is 0.222. The average molecular weight is 245 g/mol. The number of esters is 1. The molecule has 1 aliphatic rings. The van der Waals surface area contributed by atoms with Crippen molar-refractivity contribution in [2.75, 3.05) is 0 Å². The van der Waals surface area contributed by atoms with Gasteiger partial charge in [0.05, 0.1) is 4.47 Å². The van der Waals surface area contributed by atoms with E-state index in [-0.39, 0.29) is 6.42 Å². The largest absolute Gasteiger partial charge is 0.423 e. The van der Waals surface area contributed by atoms with Crippen molar-refractivity contribution in [3.8, 4) is 5.75 Å². The molecule has 1 aromatic carbocycles. The molecular weight excluding hydrogens is 239 g/mol. The highest BCUT2D eigenvalue weighted by Gasteiger charge is 2.28. The van der Waals surface area contributed by atoms with Gasteiger partial charge in [-0.3, -0.25) is 0 Å². The van der Waals surface area contributed by atoms with E-state index >= 15 is 0 Å². The van der Waals surface area contributed by atoms with Gasteiger partial charge in [-0.05, 0) is 27.6 Å². The smallest absolute Gasteiger partial charge is 0.346 e. The van der Waals surface area contributed by atoms with Gasteiger partial charge < -0.3 is 4.74 Å². The number of carbonyl (C=O) groups excluding carboxylic acids is 1. The van der Waals surface area contributed by atoms with Crippen LogP contribution in [0.4, 0.5) is 4.39 Å². The number of halogens is 2. The molecular formula is C9H6BrFO2. The molecule has 0 saturated heterocycles. The van der Waals surface area contributed by atoms with Crippen molar-refractivity contribution in [3.05, 3.63) is 28.2 Å². The lowest BCUT2D eigenvalue weighted by atomic mass is 10.1. The quantitative estimate of drug-likeness (QED) is 0.517. The van der Waals surface area contributed by atoms with E-state index in [1.165, 1.54) is 0 Å². The van der Waals surface area contributed by atoms with Crippen LogP contribution >= 0.6 is 15.9 Å². The number of carbonyl (C=O) groups is 1. The van der Waals surface area contributed by atoms with Crippen molar-refractivity contribution < 1.29 is 13.9 Å². The normalized spacial score (nSPS) is 20.8. The van der Waals surface area contributed by atoms with Crippen molar-refractivity contribution in [1.82, 2.24) is 0 Å². The number of alkyl halides is 1. The van der Waals surface area contributed by atoms with E-state index in [1.54, 1.807) is 18.2 Å². The molecule has 68 valence electrons. The highest BCUT2D eigenvalue weighted by molar-refractivity contribution is 9.10. The summed E-state index contributed by atoms with van der Waals surface area (Å²) in [5.41, 5.74) is 0.724. The molecule has 13 heavy (non-hydrogen) atoms. The summed E-state index contributed by atoms with van der Waals surface area (Å²) in [5.74, 6) is -0.360. The fourth-order valence-corrected chi connectivity index (χ4v) is 1.76. The zero-order valence-electron chi connectivity index (χ0n) is 6.59. The highest BCUT2D eigenvalue weighted by atomic mass is 79.9. The zero-order chi connectivity index (χ0) is 9.42. The first-order chi connectivity index (χ1) is 6.18. The Kier molecular flexibility index (Phi) is 2.07. The number of rotatable bonds is 0. The van der Waals surface area contributed by atoms with Crippen LogP contribution in [0.25, 0.3) is 0 Å². The van der Waals surface area contributed by atoms with Crippen LogP contribution in [0, 0.1) is 0 Å². The van der Waals surface area contributed by atoms with Crippen LogP contribution in [0.3, 0.4) is 0 Å².